The second-order valence-electron chi connectivity index (χ2n) is 2.98. The van der Waals surface area contributed by atoms with E-state index in [1.807, 2.05) is 18.5 Å². The molecule has 0 aromatic carbocycles. The van der Waals surface area contributed by atoms with Crippen LogP contribution in [0.4, 0.5) is 0 Å². The topological polar surface area (TPSA) is 24.9 Å². The van der Waals surface area contributed by atoms with Crippen LogP contribution in [0, 0.1) is 0 Å². The standard InChI is InChI=1S/C9H12N2/c1-2-8(6-10-4-1)9-3-5-11-7-9/h1-2,4,6,9,11H,3,5,7H2/t9-/m0/s1. The van der Waals surface area contributed by atoms with Crippen LogP contribution in [0.2, 0.25) is 0 Å². The monoisotopic (exact) mass is 148 g/mol. The van der Waals surface area contributed by atoms with Crippen LogP contribution < -0.4 is 5.32 Å². The zero-order chi connectivity index (χ0) is 7.52. The summed E-state index contributed by atoms with van der Waals surface area (Å²) in [5.41, 5.74) is 1.37. The Morgan fingerprint density at radius 1 is 1.55 bits per heavy atom. The molecule has 1 aromatic heterocycles. The van der Waals surface area contributed by atoms with Crippen molar-refractivity contribution >= 4 is 0 Å². The quantitative estimate of drug-likeness (QED) is 0.646. The maximum atomic E-state index is 4.10. The molecule has 1 atom stereocenters. The zero-order valence-corrected chi connectivity index (χ0v) is 6.46. The average Bonchev–Trinajstić information content (AvgIpc) is 2.58. The Morgan fingerprint density at radius 3 is 3.18 bits per heavy atom. The number of hydrogen-bond acceptors (Lipinski definition) is 2. The van der Waals surface area contributed by atoms with Gasteiger partial charge in [0.1, 0.15) is 0 Å². The Bertz CT molecular complexity index is 214. The lowest BCUT2D eigenvalue weighted by atomic mass is 10.0. The third-order valence-corrected chi connectivity index (χ3v) is 2.22. The molecule has 11 heavy (non-hydrogen) atoms. The number of aromatic nitrogens is 1. The molecule has 2 heteroatoms. The minimum Gasteiger partial charge on any atom is -0.316 e. The summed E-state index contributed by atoms with van der Waals surface area (Å²) >= 11 is 0. The summed E-state index contributed by atoms with van der Waals surface area (Å²) in [4.78, 5) is 4.10. The van der Waals surface area contributed by atoms with E-state index in [4.69, 9.17) is 0 Å². The van der Waals surface area contributed by atoms with Gasteiger partial charge in [0.15, 0.2) is 0 Å². The second-order valence-corrected chi connectivity index (χ2v) is 2.98. The fraction of sp³-hybridized carbons (Fsp3) is 0.444. The minimum absolute atomic E-state index is 0.698. The Morgan fingerprint density at radius 2 is 2.55 bits per heavy atom. The van der Waals surface area contributed by atoms with E-state index in [1.54, 1.807) is 0 Å². The molecule has 0 bridgehead atoms. The largest absolute Gasteiger partial charge is 0.316 e. The van der Waals surface area contributed by atoms with Gasteiger partial charge in [-0.1, -0.05) is 6.07 Å². The second kappa shape index (κ2) is 3.01. The molecule has 1 aliphatic heterocycles. The normalized spacial score (nSPS) is 23.8. The highest BCUT2D eigenvalue weighted by Crippen LogP contribution is 2.20. The van der Waals surface area contributed by atoms with Crippen molar-refractivity contribution in [3.05, 3.63) is 30.1 Å². The van der Waals surface area contributed by atoms with Gasteiger partial charge in [0.05, 0.1) is 0 Å². The molecular formula is C9H12N2. The molecule has 1 aromatic rings. The van der Waals surface area contributed by atoms with Gasteiger partial charge in [-0.3, -0.25) is 4.98 Å². The molecule has 58 valence electrons. The first kappa shape index (κ1) is 6.80. The summed E-state index contributed by atoms with van der Waals surface area (Å²) in [6, 6.07) is 4.16. The predicted molar refractivity (Wildman–Crippen MR) is 44.5 cm³/mol. The average molecular weight is 148 g/mol. The Kier molecular flexibility index (Phi) is 1.86. The Labute approximate surface area is 66.7 Å². The SMILES string of the molecule is c1cncc([C@H]2CCNC2)c1. The number of nitrogens with zero attached hydrogens (tertiary/aromatic N) is 1. The van der Waals surface area contributed by atoms with Gasteiger partial charge in [-0.05, 0) is 30.5 Å². The van der Waals surface area contributed by atoms with E-state index < -0.39 is 0 Å². The van der Waals surface area contributed by atoms with Crippen LogP contribution in [-0.4, -0.2) is 18.1 Å². The van der Waals surface area contributed by atoms with Crippen molar-refractivity contribution in [3.8, 4) is 0 Å². The number of hydrogen-bond donors (Lipinski definition) is 1. The van der Waals surface area contributed by atoms with Gasteiger partial charge in [-0.15, -0.1) is 0 Å². The van der Waals surface area contributed by atoms with E-state index in [0.717, 1.165) is 13.1 Å². The summed E-state index contributed by atoms with van der Waals surface area (Å²) < 4.78 is 0. The van der Waals surface area contributed by atoms with Crippen molar-refractivity contribution < 1.29 is 0 Å². The molecule has 0 radical (unpaired) electrons. The molecule has 0 aliphatic carbocycles. The van der Waals surface area contributed by atoms with Gasteiger partial charge in [0, 0.05) is 18.9 Å². The van der Waals surface area contributed by atoms with Crippen LogP contribution >= 0.6 is 0 Å². The summed E-state index contributed by atoms with van der Waals surface area (Å²) in [7, 11) is 0. The van der Waals surface area contributed by atoms with Crippen LogP contribution in [0.1, 0.15) is 17.9 Å². The van der Waals surface area contributed by atoms with Crippen molar-refractivity contribution in [2.75, 3.05) is 13.1 Å². The van der Waals surface area contributed by atoms with Crippen molar-refractivity contribution in [1.29, 1.82) is 0 Å². The zero-order valence-electron chi connectivity index (χ0n) is 6.46. The van der Waals surface area contributed by atoms with Gasteiger partial charge >= 0.3 is 0 Å². The maximum absolute atomic E-state index is 4.10. The molecule has 0 amide bonds. The molecular weight excluding hydrogens is 136 g/mol. The van der Waals surface area contributed by atoms with Gasteiger partial charge in [0.25, 0.3) is 0 Å². The van der Waals surface area contributed by atoms with Gasteiger partial charge in [-0.2, -0.15) is 0 Å². The molecule has 1 fully saturated rings. The predicted octanol–water partition coefficient (Wildman–Crippen LogP) is 1.16. The van der Waals surface area contributed by atoms with E-state index in [-0.39, 0.29) is 0 Å². The van der Waals surface area contributed by atoms with Crippen LogP contribution in [0.15, 0.2) is 24.5 Å². The molecule has 1 N–H and O–H groups in total. The highest BCUT2D eigenvalue weighted by Gasteiger charge is 2.15. The maximum Gasteiger partial charge on any atom is 0.0303 e. The van der Waals surface area contributed by atoms with Gasteiger partial charge in [0.2, 0.25) is 0 Å². The first-order valence-electron chi connectivity index (χ1n) is 4.07. The highest BCUT2D eigenvalue weighted by atomic mass is 14.9. The van der Waals surface area contributed by atoms with Gasteiger partial charge < -0.3 is 5.32 Å². The molecule has 0 spiro atoms. The van der Waals surface area contributed by atoms with E-state index in [0.29, 0.717) is 5.92 Å². The van der Waals surface area contributed by atoms with Crippen molar-refractivity contribution in [3.63, 3.8) is 0 Å². The van der Waals surface area contributed by atoms with Crippen molar-refractivity contribution in [1.82, 2.24) is 10.3 Å². The molecule has 2 nitrogen and oxygen atoms in total. The van der Waals surface area contributed by atoms with Crippen molar-refractivity contribution in [2.45, 2.75) is 12.3 Å². The van der Waals surface area contributed by atoms with Crippen LogP contribution in [0.25, 0.3) is 0 Å². The molecule has 0 saturated carbocycles. The lowest BCUT2D eigenvalue weighted by molar-refractivity contribution is 0.759. The molecule has 1 saturated heterocycles. The lowest BCUT2D eigenvalue weighted by Crippen LogP contribution is -2.07. The van der Waals surface area contributed by atoms with Crippen LogP contribution in [-0.2, 0) is 0 Å². The molecule has 2 heterocycles. The van der Waals surface area contributed by atoms with Crippen molar-refractivity contribution in [2.24, 2.45) is 0 Å². The Balaban J connectivity index is 2.16. The number of pyridine rings is 1. The molecule has 0 unspecified atom stereocenters. The number of nitrogens with one attached hydrogen (secondary N) is 1. The highest BCUT2D eigenvalue weighted by molar-refractivity contribution is 5.16. The lowest BCUT2D eigenvalue weighted by Gasteiger charge is -2.05. The summed E-state index contributed by atoms with van der Waals surface area (Å²) in [6.45, 7) is 2.27. The smallest absolute Gasteiger partial charge is 0.0303 e. The molecule has 2 rings (SSSR count). The first-order valence-corrected chi connectivity index (χ1v) is 4.07. The molecule has 1 aliphatic rings. The van der Waals surface area contributed by atoms with Crippen LogP contribution in [0.5, 0.6) is 0 Å². The summed E-state index contributed by atoms with van der Waals surface area (Å²) in [6.07, 6.45) is 5.05. The third kappa shape index (κ3) is 1.40. The van der Waals surface area contributed by atoms with E-state index in [9.17, 15) is 0 Å². The van der Waals surface area contributed by atoms with E-state index >= 15 is 0 Å². The Hall–Kier alpha value is -0.890. The first-order chi connectivity index (χ1) is 5.47. The number of rotatable bonds is 1. The fourth-order valence-corrected chi connectivity index (χ4v) is 1.56. The van der Waals surface area contributed by atoms with E-state index in [2.05, 4.69) is 16.4 Å². The van der Waals surface area contributed by atoms with E-state index in [1.165, 1.54) is 12.0 Å². The fourth-order valence-electron chi connectivity index (χ4n) is 1.56. The third-order valence-electron chi connectivity index (χ3n) is 2.22. The minimum atomic E-state index is 0.698. The van der Waals surface area contributed by atoms with Crippen LogP contribution in [0.3, 0.4) is 0 Å². The van der Waals surface area contributed by atoms with Gasteiger partial charge in [-0.25, -0.2) is 0 Å². The summed E-state index contributed by atoms with van der Waals surface area (Å²) in [5.74, 6) is 0.698. The summed E-state index contributed by atoms with van der Waals surface area (Å²) in [5, 5.41) is 3.34.